The SMILES string of the molecule is CCCCCCCCCCCCCCCCCCCC(=O)OC[C@H](COP(=O)([O-])OCC[N+](C)(C)C)OC(=O)CCCCCCCCCCCC. The smallest absolute Gasteiger partial charge is 0.306 e. The topological polar surface area (TPSA) is 111 Å². The van der Waals surface area contributed by atoms with Crippen molar-refractivity contribution in [2.45, 2.75) is 206 Å². The number of likely N-dealkylation sites (N-methyl/N-ethyl adjacent to an activating group) is 1. The van der Waals surface area contributed by atoms with Crippen LogP contribution in [0.5, 0.6) is 0 Å². The maximum atomic E-state index is 12.6. The van der Waals surface area contributed by atoms with Crippen molar-refractivity contribution in [1.29, 1.82) is 0 Å². The molecule has 0 heterocycles. The normalized spacial score (nSPS) is 13.6. The molecule has 0 aliphatic heterocycles. The molecule has 0 aromatic rings. The second-order valence-electron chi connectivity index (χ2n) is 15.7. The number of quaternary nitrogens is 1. The van der Waals surface area contributed by atoms with Gasteiger partial charge in [-0.25, -0.2) is 0 Å². The highest BCUT2D eigenvalue weighted by molar-refractivity contribution is 7.45. The Morgan fingerprint density at radius 1 is 0.529 bits per heavy atom. The van der Waals surface area contributed by atoms with Crippen LogP contribution in [0, 0.1) is 0 Å². The van der Waals surface area contributed by atoms with Crippen LogP contribution in [0.1, 0.15) is 200 Å². The van der Waals surface area contributed by atoms with Crippen LogP contribution in [0.2, 0.25) is 0 Å². The van der Waals surface area contributed by atoms with E-state index in [0.717, 1.165) is 32.1 Å². The molecular weight excluding hydrogens is 665 g/mol. The monoisotopic (exact) mass is 748 g/mol. The largest absolute Gasteiger partial charge is 0.756 e. The van der Waals surface area contributed by atoms with E-state index in [0.29, 0.717) is 17.4 Å². The Morgan fingerprint density at radius 3 is 1.25 bits per heavy atom. The summed E-state index contributed by atoms with van der Waals surface area (Å²) in [5, 5.41) is 0. The first-order chi connectivity index (χ1) is 24.5. The zero-order valence-electron chi connectivity index (χ0n) is 34.1. The van der Waals surface area contributed by atoms with Gasteiger partial charge in [0.05, 0.1) is 27.7 Å². The highest BCUT2D eigenvalue weighted by Crippen LogP contribution is 2.38. The van der Waals surface area contributed by atoms with E-state index in [4.69, 9.17) is 18.5 Å². The summed E-state index contributed by atoms with van der Waals surface area (Å²) in [6, 6.07) is 0. The molecule has 9 nitrogen and oxygen atoms in total. The molecular formula is C41H82NO8P. The van der Waals surface area contributed by atoms with Crippen molar-refractivity contribution in [3.8, 4) is 0 Å². The molecule has 0 aliphatic rings. The number of carbonyl (C=O) groups is 2. The maximum absolute atomic E-state index is 12.6. The minimum Gasteiger partial charge on any atom is -0.756 e. The quantitative estimate of drug-likeness (QED) is 0.0264. The van der Waals surface area contributed by atoms with Gasteiger partial charge in [-0.2, -0.15) is 0 Å². The van der Waals surface area contributed by atoms with Gasteiger partial charge in [-0.15, -0.1) is 0 Å². The number of carbonyl (C=O) groups excluding carboxylic acids is 2. The lowest BCUT2D eigenvalue weighted by atomic mass is 10.0. The standard InChI is InChI=1S/C41H82NO8P/c1-6-8-10-12-14-16-18-19-20-21-22-23-24-26-27-29-31-33-40(43)47-37-39(38-49-51(45,46)48-36-35-42(3,4)5)50-41(44)34-32-30-28-25-17-15-13-11-9-7-2/h39H,6-38H2,1-5H3/t39-/m1/s1. The van der Waals surface area contributed by atoms with Gasteiger partial charge in [0.15, 0.2) is 6.10 Å². The summed E-state index contributed by atoms with van der Waals surface area (Å²) in [7, 11) is 1.18. The van der Waals surface area contributed by atoms with E-state index in [1.165, 1.54) is 135 Å². The molecule has 0 aromatic heterocycles. The first-order valence-corrected chi connectivity index (χ1v) is 22.7. The Morgan fingerprint density at radius 2 is 0.882 bits per heavy atom. The molecule has 0 amide bonds. The fourth-order valence-corrected chi connectivity index (χ4v) is 6.74. The molecule has 0 N–H and O–H groups in total. The Hall–Kier alpha value is -0.990. The van der Waals surface area contributed by atoms with Crippen molar-refractivity contribution in [3.63, 3.8) is 0 Å². The van der Waals surface area contributed by atoms with Gasteiger partial charge in [0.25, 0.3) is 7.82 Å². The van der Waals surface area contributed by atoms with Crippen LogP contribution in [-0.2, 0) is 32.7 Å². The van der Waals surface area contributed by atoms with Gasteiger partial charge in [-0.3, -0.25) is 14.2 Å². The third kappa shape index (κ3) is 38.5. The third-order valence-corrected chi connectivity index (χ3v) is 10.3. The number of hydrogen-bond acceptors (Lipinski definition) is 8. The van der Waals surface area contributed by atoms with Gasteiger partial charge >= 0.3 is 11.9 Å². The van der Waals surface area contributed by atoms with E-state index in [9.17, 15) is 19.0 Å². The zero-order valence-corrected chi connectivity index (χ0v) is 35.0. The lowest BCUT2D eigenvalue weighted by Gasteiger charge is -2.28. The Bertz CT molecular complexity index is 850. The molecule has 0 radical (unpaired) electrons. The number of nitrogens with zero attached hydrogens (tertiary/aromatic N) is 1. The fraction of sp³-hybridized carbons (Fsp3) is 0.951. The molecule has 2 atom stereocenters. The highest BCUT2D eigenvalue weighted by atomic mass is 31.2. The molecule has 0 saturated carbocycles. The van der Waals surface area contributed by atoms with Crippen LogP contribution in [0.4, 0.5) is 0 Å². The fourth-order valence-electron chi connectivity index (χ4n) is 6.01. The van der Waals surface area contributed by atoms with Gasteiger partial charge < -0.3 is 27.9 Å². The summed E-state index contributed by atoms with van der Waals surface area (Å²) in [5.41, 5.74) is 0. The van der Waals surface area contributed by atoms with Gasteiger partial charge in [0.1, 0.15) is 19.8 Å². The number of ether oxygens (including phenoxy) is 2. The lowest BCUT2D eigenvalue weighted by molar-refractivity contribution is -0.870. The molecule has 304 valence electrons. The molecule has 0 rings (SSSR count). The Balaban J connectivity index is 4.27. The minimum absolute atomic E-state index is 0.0260. The van der Waals surface area contributed by atoms with E-state index < -0.39 is 26.5 Å². The van der Waals surface area contributed by atoms with Crippen LogP contribution in [0.15, 0.2) is 0 Å². The molecule has 0 aliphatic carbocycles. The van der Waals surface area contributed by atoms with Gasteiger partial charge in [-0.1, -0.05) is 174 Å². The average Bonchev–Trinajstić information content (AvgIpc) is 3.07. The maximum Gasteiger partial charge on any atom is 0.306 e. The molecule has 51 heavy (non-hydrogen) atoms. The van der Waals surface area contributed by atoms with Gasteiger partial charge in [0.2, 0.25) is 0 Å². The minimum atomic E-state index is -4.61. The van der Waals surface area contributed by atoms with Crippen LogP contribution in [0.25, 0.3) is 0 Å². The summed E-state index contributed by atoms with van der Waals surface area (Å²) in [6.07, 6.45) is 32.7. The highest BCUT2D eigenvalue weighted by Gasteiger charge is 2.21. The Labute approximate surface area is 314 Å². The van der Waals surface area contributed by atoms with Crippen LogP contribution >= 0.6 is 7.82 Å². The predicted molar refractivity (Wildman–Crippen MR) is 208 cm³/mol. The predicted octanol–water partition coefficient (Wildman–Crippen LogP) is 11.0. The van der Waals surface area contributed by atoms with Crippen molar-refractivity contribution in [1.82, 2.24) is 0 Å². The van der Waals surface area contributed by atoms with Gasteiger partial charge in [0, 0.05) is 12.8 Å². The second-order valence-corrected chi connectivity index (χ2v) is 17.1. The van der Waals surface area contributed by atoms with Crippen molar-refractivity contribution < 1.29 is 42.1 Å². The van der Waals surface area contributed by atoms with E-state index >= 15 is 0 Å². The van der Waals surface area contributed by atoms with E-state index in [2.05, 4.69) is 13.8 Å². The van der Waals surface area contributed by atoms with E-state index in [-0.39, 0.29) is 32.0 Å². The Kier molecular flexibility index (Phi) is 34.1. The molecule has 0 aromatic carbocycles. The van der Waals surface area contributed by atoms with Crippen molar-refractivity contribution in [2.75, 3.05) is 47.5 Å². The van der Waals surface area contributed by atoms with Crippen LogP contribution in [0.3, 0.4) is 0 Å². The first kappa shape index (κ1) is 50.0. The molecule has 0 bridgehead atoms. The molecule has 0 spiro atoms. The third-order valence-electron chi connectivity index (χ3n) is 9.38. The molecule has 1 unspecified atom stereocenters. The second kappa shape index (κ2) is 34.8. The molecule has 10 heteroatoms. The summed E-state index contributed by atoms with van der Waals surface area (Å²) in [4.78, 5) is 37.4. The van der Waals surface area contributed by atoms with Crippen molar-refractivity contribution in [3.05, 3.63) is 0 Å². The number of phosphoric acid groups is 1. The van der Waals surface area contributed by atoms with E-state index in [1.54, 1.807) is 0 Å². The van der Waals surface area contributed by atoms with Crippen molar-refractivity contribution in [2.24, 2.45) is 0 Å². The summed E-state index contributed by atoms with van der Waals surface area (Å²) in [6.45, 7) is 4.23. The lowest BCUT2D eigenvalue weighted by Crippen LogP contribution is -2.37. The summed E-state index contributed by atoms with van der Waals surface area (Å²) < 4.78 is 33.8. The van der Waals surface area contributed by atoms with E-state index in [1.807, 2.05) is 21.1 Å². The zero-order chi connectivity index (χ0) is 37.9. The number of rotatable bonds is 39. The summed E-state index contributed by atoms with van der Waals surface area (Å²) >= 11 is 0. The molecule has 0 fully saturated rings. The van der Waals surface area contributed by atoms with Gasteiger partial charge in [-0.05, 0) is 12.8 Å². The average molecular weight is 748 g/mol. The number of phosphoric ester groups is 1. The first-order valence-electron chi connectivity index (χ1n) is 21.2. The van der Waals surface area contributed by atoms with Crippen molar-refractivity contribution >= 4 is 19.8 Å². The number of hydrogen-bond donors (Lipinski definition) is 0. The number of unbranched alkanes of at least 4 members (excludes halogenated alkanes) is 25. The number of esters is 2. The molecule has 0 saturated heterocycles. The summed E-state index contributed by atoms with van der Waals surface area (Å²) in [5.74, 6) is -0.824. The van der Waals surface area contributed by atoms with Crippen LogP contribution in [-0.4, -0.2) is 70.0 Å². The van der Waals surface area contributed by atoms with Crippen LogP contribution < -0.4 is 4.89 Å².